The van der Waals surface area contributed by atoms with Crippen LogP contribution in [0.15, 0.2) is 72.8 Å². The van der Waals surface area contributed by atoms with Gasteiger partial charge in [-0.05, 0) is 73.5 Å². The zero-order valence-electron chi connectivity index (χ0n) is 21.4. The van der Waals surface area contributed by atoms with E-state index in [2.05, 4.69) is 12.1 Å². The van der Waals surface area contributed by atoms with Crippen molar-refractivity contribution in [1.29, 1.82) is 0 Å². The van der Waals surface area contributed by atoms with Gasteiger partial charge >= 0.3 is 11.9 Å². The molecule has 5 rings (SSSR count). The van der Waals surface area contributed by atoms with Crippen molar-refractivity contribution in [2.24, 2.45) is 0 Å². The Morgan fingerprint density at radius 1 is 0.649 bits per heavy atom. The Hall–Kier alpha value is -3.74. The quantitative estimate of drug-likeness (QED) is 0.297. The van der Waals surface area contributed by atoms with Gasteiger partial charge in [0.25, 0.3) is 0 Å². The van der Waals surface area contributed by atoms with Gasteiger partial charge in [0.2, 0.25) is 0 Å². The summed E-state index contributed by atoms with van der Waals surface area (Å²) in [5.41, 5.74) is 3.24. The average molecular weight is 499 g/mol. The number of hydrogen-bond acceptors (Lipinski definition) is 6. The van der Waals surface area contributed by atoms with Gasteiger partial charge in [0.15, 0.2) is 5.79 Å². The minimum atomic E-state index is -0.893. The Balaban J connectivity index is 1.21. The Morgan fingerprint density at radius 3 is 1.46 bits per heavy atom. The highest BCUT2D eigenvalue weighted by Crippen LogP contribution is 2.29. The normalized spacial score (nSPS) is 18.7. The van der Waals surface area contributed by atoms with E-state index in [0.717, 1.165) is 32.7 Å². The molecule has 1 fully saturated rings. The van der Waals surface area contributed by atoms with E-state index in [9.17, 15) is 9.59 Å². The van der Waals surface area contributed by atoms with Crippen LogP contribution >= 0.6 is 0 Å². The molecule has 6 heteroatoms. The van der Waals surface area contributed by atoms with Gasteiger partial charge in [-0.2, -0.15) is 0 Å². The summed E-state index contributed by atoms with van der Waals surface area (Å²) < 4.78 is 23.0. The van der Waals surface area contributed by atoms with E-state index in [-0.39, 0.29) is 13.2 Å². The maximum atomic E-state index is 12.8. The third-order valence-corrected chi connectivity index (χ3v) is 6.51. The largest absolute Gasteiger partial charge is 0.459 e. The van der Waals surface area contributed by atoms with Crippen LogP contribution in [0.2, 0.25) is 0 Å². The number of rotatable bonds is 6. The number of benzene rings is 4. The van der Waals surface area contributed by atoms with Gasteiger partial charge in [-0.3, -0.25) is 0 Å². The van der Waals surface area contributed by atoms with Crippen molar-refractivity contribution in [3.05, 3.63) is 95.1 Å². The fraction of sp³-hybridized carbons (Fsp3) is 0.290. The summed E-state index contributed by atoms with van der Waals surface area (Å²) in [7, 11) is 0. The molecule has 1 saturated heterocycles. The van der Waals surface area contributed by atoms with E-state index in [0.29, 0.717) is 11.1 Å². The number of aryl methyl sites for hydroxylation is 2. The highest BCUT2D eigenvalue weighted by atomic mass is 16.8. The Morgan fingerprint density at radius 2 is 1.03 bits per heavy atom. The molecule has 1 aliphatic rings. The van der Waals surface area contributed by atoms with Gasteiger partial charge in [-0.1, -0.05) is 59.7 Å². The maximum absolute atomic E-state index is 12.8. The monoisotopic (exact) mass is 498 g/mol. The van der Waals surface area contributed by atoms with Crippen molar-refractivity contribution < 1.29 is 28.5 Å². The molecule has 1 heterocycles. The Bertz CT molecular complexity index is 1380. The van der Waals surface area contributed by atoms with Crippen molar-refractivity contribution in [3.63, 3.8) is 0 Å². The summed E-state index contributed by atoms with van der Waals surface area (Å²) in [6, 6.07) is 23.1. The number of carbonyl (C=O) groups excluding carboxylic acids is 2. The molecule has 0 bridgehead atoms. The molecule has 0 aliphatic carbocycles. The zero-order valence-corrected chi connectivity index (χ0v) is 21.4. The molecule has 190 valence electrons. The summed E-state index contributed by atoms with van der Waals surface area (Å²) in [5, 5.41) is 4.06. The second-order valence-corrected chi connectivity index (χ2v) is 10.0. The number of fused-ring (bicyclic) bond motifs is 2. The number of esters is 2. The van der Waals surface area contributed by atoms with Crippen LogP contribution in [0.3, 0.4) is 0 Å². The standard InChI is InChI=1S/C31H30O6/c1-19-5-7-23-15-25(11-9-21(23)13-19)29(32)34-17-27-28(37-31(3,4)36-27)18-35-30(33)26-12-10-22-14-20(2)6-8-24(22)16-26/h5-16,27-28H,17-18H2,1-4H3/t27-,28-/m1/s1. The van der Waals surface area contributed by atoms with Crippen molar-refractivity contribution in [2.75, 3.05) is 13.2 Å². The molecular weight excluding hydrogens is 468 g/mol. The van der Waals surface area contributed by atoms with E-state index in [4.69, 9.17) is 18.9 Å². The average Bonchev–Trinajstić information content (AvgIpc) is 3.18. The van der Waals surface area contributed by atoms with Crippen LogP contribution in [0.1, 0.15) is 45.7 Å². The zero-order chi connectivity index (χ0) is 26.2. The second kappa shape index (κ2) is 9.96. The topological polar surface area (TPSA) is 71.1 Å². The van der Waals surface area contributed by atoms with Crippen LogP contribution < -0.4 is 0 Å². The van der Waals surface area contributed by atoms with Crippen molar-refractivity contribution in [1.82, 2.24) is 0 Å². The summed E-state index contributed by atoms with van der Waals surface area (Å²) in [4.78, 5) is 25.5. The smallest absolute Gasteiger partial charge is 0.338 e. The van der Waals surface area contributed by atoms with Gasteiger partial charge in [0.1, 0.15) is 25.4 Å². The molecule has 4 aromatic carbocycles. The Labute approximate surface area is 216 Å². The number of carbonyl (C=O) groups is 2. The molecule has 0 spiro atoms. The maximum Gasteiger partial charge on any atom is 0.338 e. The molecular formula is C31H30O6. The van der Waals surface area contributed by atoms with E-state index in [1.165, 1.54) is 0 Å². The molecule has 0 unspecified atom stereocenters. The fourth-order valence-corrected chi connectivity index (χ4v) is 4.66. The summed E-state index contributed by atoms with van der Waals surface area (Å²) in [6.45, 7) is 7.57. The lowest BCUT2D eigenvalue weighted by Gasteiger charge is -2.17. The molecule has 6 nitrogen and oxygen atoms in total. The number of hydrogen-bond donors (Lipinski definition) is 0. The van der Waals surface area contributed by atoms with Crippen LogP contribution in [0, 0.1) is 13.8 Å². The van der Waals surface area contributed by atoms with Crippen LogP contribution in [0.4, 0.5) is 0 Å². The molecule has 0 N–H and O–H groups in total. The van der Waals surface area contributed by atoms with E-state index in [1.807, 2.05) is 62.4 Å². The predicted molar refractivity (Wildman–Crippen MR) is 142 cm³/mol. The molecule has 0 amide bonds. The van der Waals surface area contributed by atoms with Gasteiger partial charge in [-0.15, -0.1) is 0 Å². The first-order chi connectivity index (χ1) is 17.7. The molecule has 37 heavy (non-hydrogen) atoms. The Kier molecular flexibility index (Phi) is 6.71. The SMILES string of the molecule is Cc1ccc2cc(C(=O)OC[C@H]3OC(C)(C)O[C@@H]3COC(=O)c3ccc4cc(C)ccc4c3)ccc2c1. The van der Waals surface area contributed by atoms with Crippen LogP contribution in [0.5, 0.6) is 0 Å². The van der Waals surface area contributed by atoms with Crippen LogP contribution in [-0.4, -0.2) is 43.1 Å². The van der Waals surface area contributed by atoms with E-state index >= 15 is 0 Å². The first-order valence-corrected chi connectivity index (χ1v) is 12.4. The highest BCUT2D eigenvalue weighted by molar-refractivity contribution is 5.96. The van der Waals surface area contributed by atoms with Gasteiger partial charge in [0, 0.05) is 0 Å². The predicted octanol–water partition coefficient (Wildman–Crippen LogP) is 6.14. The summed E-state index contributed by atoms with van der Waals surface area (Å²) in [5.74, 6) is -1.79. The van der Waals surface area contributed by atoms with E-state index in [1.54, 1.807) is 26.0 Å². The minimum Gasteiger partial charge on any atom is -0.459 e. The number of ether oxygens (including phenoxy) is 4. The molecule has 0 aromatic heterocycles. The first kappa shape index (κ1) is 24.9. The lowest BCUT2D eigenvalue weighted by atomic mass is 10.0. The second-order valence-electron chi connectivity index (χ2n) is 10.0. The molecule has 2 atom stereocenters. The minimum absolute atomic E-state index is 0.0221. The molecule has 4 aromatic rings. The third-order valence-electron chi connectivity index (χ3n) is 6.51. The van der Waals surface area contributed by atoms with Crippen molar-refractivity contribution in [3.8, 4) is 0 Å². The van der Waals surface area contributed by atoms with Crippen molar-refractivity contribution in [2.45, 2.75) is 45.7 Å². The summed E-state index contributed by atoms with van der Waals surface area (Å²) >= 11 is 0. The fourth-order valence-electron chi connectivity index (χ4n) is 4.66. The summed E-state index contributed by atoms with van der Waals surface area (Å²) in [6.07, 6.45) is -1.15. The van der Waals surface area contributed by atoms with E-state index < -0.39 is 29.9 Å². The molecule has 0 saturated carbocycles. The highest BCUT2D eigenvalue weighted by Gasteiger charge is 2.42. The first-order valence-electron chi connectivity index (χ1n) is 12.4. The lowest BCUT2D eigenvalue weighted by molar-refractivity contribution is -0.151. The third kappa shape index (κ3) is 5.66. The molecule has 0 radical (unpaired) electrons. The van der Waals surface area contributed by atoms with Gasteiger partial charge < -0.3 is 18.9 Å². The van der Waals surface area contributed by atoms with Crippen LogP contribution in [0.25, 0.3) is 21.5 Å². The van der Waals surface area contributed by atoms with Gasteiger partial charge in [-0.25, -0.2) is 9.59 Å². The van der Waals surface area contributed by atoms with Gasteiger partial charge in [0.05, 0.1) is 11.1 Å². The lowest BCUT2D eigenvalue weighted by Crippen LogP contribution is -2.33. The van der Waals surface area contributed by atoms with Crippen LogP contribution in [-0.2, 0) is 18.9 Å². The van der Waals surface area contributed by atoms with Crippen molar-refractivity contribution >= 4 is 33.5 Å². The molecule has 1 aliphatic heterocycles.